The van der Waals surface area contributed by atoms with Gasteiger partial charge in [0.15, 0.2) is 0 Å². The van der Waals surface area contributed by atoms with E-state index in [9.17, 15) is 14.9 Å². The van der Waals surface area contributed by atoms with Crippen molar-refractivity contribution in [1.29, 1.82) is 0 Å². The highest BCUT2D eigenvalue weighted by Crippen LogP contribution is 2.21. The maximum absolute atomic E-state index is 12.4. The number of aromatic nitrogens is 2. The van der Waals surface area contributed by atoms with Crippen LogP contribution in [0, 0.1) is 10.1 Å². The average molecular weight is 407 g/mol. The van der Waals surface area contributed by atoms with E-state index in [1.165, 1.54) is 12.1 Å². The van der Waals surface area contributed by atoms with Crippen LogP contribution in [-0.4, -0.2) is 33.3 Å². The molecule has 0 unspecified atom stereocenters. The van der Waals surface area contributed by atoms with Gasteiger partial charge in [-0.2, -0.15) is 10.2 Å². The SMILES string of the molecule is CCCOc1ccc(-c2cc(C(=O)N/N=C(\C)c3cccc([N+](=O)[O-])c3)[nH]n2)cc1. The van der Waals surface area contributed by atoms with Crippen molar-refractivity contribution in [3.63, 3.8) is 0 Å². The Labute approximate surface area is 172 Å². The molecule has 0 aliphatic rings. The second-order valence-electron chi connectivity index (χ2n) is 6.49. The van der Waals surface area contributed by atoms with Gasteiger partial charge in [0.2, 0.25) is 0 Å². The molecule has 0 atom stereocenters. The molecule has 154 valence electrons. The third-order valence-corrected chi connectivity index (χ3v) is 4.25. The van der Waals surface area contributed by atoms with Crippen LogP contribution < -0.4 is 10.2 Å². The van der Waals surface area contributed by atoms with Crippen molar-refractivity contribution < 1.29 is 14.5 Å². The van der Waals surface area contributed by atoms with Crippen molar-refractivity contribution in [2.45, 2.75) is 20.3 Å². The fourth-order valence-corrected chi connectivity index (χ4v) is 2.63. The third kappa shape index (κ3) is 5.07. The monoisotopic (exact) mass is 407 g/mol. The highest BCUT2D eigenvalue weighted by Gasteiger charge is 2.12. The van der Waals surface area contributed by atoms with E-state index in [1.807, 2.05) is 31.2 Å². The number of carbonyl (C=O) groups excluding carboxylic acids is 1. The van der Waals surface area contributed by atoms with Crippen molar-refractivity contribution in [3.8, 4) is 17.0 Å². The number of rotatable bonds is 8. The number of nitro groups is 1. The number of ether oxygens (including phenoxy) is 1. The quantitative estimate of drug-likeness (QED) is 0.333. The van der Waals surface area contributed by atoms with Crippen LogP contribution in [0.15, 0.2) is 59.7 Å². The van der Waals surface area contributed by atoms with Gasteiger partial charge < -0.3 is 4.74 Å². The number of hydrazone groups is 1. The first kappa shape index (κ1) is 20.7. The highest BCUT2D eigenvalue weighted by atomic mass is 16.6. The summed E-state index contributed by atoms with van der Waals surface area (Å²) >= 11 is 0. The summed E-state index contributed by atoms with van der Waals surface area (Å²) in [7, 11) is 0. The number of nitrogens with zero attached hydrogens (tertiary/aromatic N) is 3. The number of hydrogen-bond acceptors (Lipinski definition) is 6. The molecule has 1 amide bonds. The lowest BCUT2D eigenvalue weighted by atomic mass is 10.1. The predicted molar refractivity (Wildman–Crippen MR) is 113 cm³/mol. The molecule has 9 nitrogen and oxygen atoms in total. The zero-order chi connectivity index (χ0) is 21.5. The number of amides is 1. The van der Waals surface area contributed by atoms with Crippen LogP contribution in [0.2, 0.25) is 0 Å². The van der Waals surface area contributed by atoms with Crippen LogP contribution in [0.4, 0.5) is 5.69 Å². The normalized spacial score (nSPS) is 11.2. The Morgan fingerprint density at radius 1 is 1.23 bits per heavy atom. The van der Waals surface area contributed by atoms with Crippen molar-refractivity contribution >= 4 is 17.3 Å². The molecule has 0 aliphatic carbocycles. The second-order valence-corrected chi connectivity index (χ2v) is 6.49. The summed E-state index contributed by atoms with van der Waals surface area (Å²) in [5.41, 5.74) is 5.06. The van der Waals surface area contributed by atoms with E-state index in [-0.39, 0.29) is 11.4 Å². The molecule has 2 aromatic carbocycles. The lowest BCUT2D eigenvalue weighted by Gasteiger charge is -2.04. The molecule has 3 aromatic rings. The Bertz CT molecular complexity index is 1070. The zero-order valence-corrected chi connectivity index (χ0v) is 16.6. The molecule has 0 radical (unpaired) electrons. The Hall–Kier alpha value is -4.01. The summed E-state index contributed by atoms with van der Waals surface area (Å²) < 4.78 is 5.56. The Morgan fingerprint density at radius 3 is 2.70 bits per heavy atom. The average Bonchev–Trinajstić information content (AvgIpc) is 3.26. The second kappa shape index (κ2) is 9.46. The standard InChI is InChI=1S/C21H21N5O4/c1-3-11-30-18-9-7-15(8-10-18)19-13-20(24-23-19)21(27)25-22-14(2)16-5-4-6-17(12-16)26(28)29/h4-10,12-13H,3,11H2,1-2H3,(H,23,24)(H,25,27)/b22-14+. The molecular weight excluding hydrogens is 386 g/mol. The first-order chi connectivity index (χ1) is 14.5. The largest absolute Gasteiger partial charge is 0.494 e. The molecule has 1 aromatic heterocycles. The van der Waals surface area contributed by atoms with E-state index < -0.39 is 10.8 Å². The molecule has 30 heavy (non-hydrogen) atoms. The fraction of sp³-hybridized carbons (Fsp3) is 0.190. The number of hydrogen-bond donors (Lipinski definition) is 2. The van der Waals surface area contributed by atoms with Gasteiger partial charge in [-0.25, -0.2) is 5.43 Å². The maximum atomic E-state index is 12.4. The summed E-state index contributed by atoms with van der Waals surface area (Å²) in [6.07, 6.45) is 0.933. The van der Waals surface area contributed by atoms with Crippen LogP contribution in [-0.2, 0) is 0 Å². The number of benzene rings is 2. The van der Waals surface area contributed by atoms with Crippen LogP contribution in [0.5, 0.6) is 5.75 Å². The summed E-state index contributed by atoms with van der Waals surface area (Å²) in [6, 6.07) is 15.1. The van der Waals surface area contributed by atoms with Gasteiger partial charge in [-0.3, -0.25) is 20.0 Å². The number of aromatic amines is 1. The Balaban J connectivity index is 1.67. The molecule has 9 heteroatoms. The lowest BCUT2D eigenvalue weighted by molar-refractivity contribution is -0.384. The molecule has 0 fully saturated rings. The van der Waals surface area contributed by atoms with Crippen molar-refractivity contribution in [3.05, 3.63) is 76.0 Å². The topological polar surface area (TPSA) is 123 Å². The summed E-state index contributed by atoms with van der Waals surface area (Å²) in [5, 5.41) is 21.8. The van der Waals surface area contributed by atoms with Crippen LogP contribution in [0.25, 0.3) is 11.3 Å². The molecule has 2 N–H and O–H groups in total. The minimum atomic E-state index is -0.482. The van der Waals surface area contributed by atoms with Gasteiger partial charge in [-0.15, -0.1) is 0 Å². The van der Waals surface area contributed by atoms with Gasteiger partial charge in [0, 0.05) is 23.3 Å². The fourth-order valence-electron chi connectivity index (χ4n) is 2.63. The maximum Gasteiger partial charge on any atom is 0.289 e. The summed E-state index contributed by atoms with van der Waals surface area (Å²) in [6.45, 7) is 4.35. The van der Waals surface area contributed by atoms with E-state index in [1.54, 1.807) is 25.1 Å². The molecule has 0 bridgehead atoms. The van der Waals surface area contributed by atoms with Gasteiger partial charge in [0.1, 0.15) is 11.4 Å². The van der Waals surface area contributed by atoms with Gasteiger partial charge in [-0.05, 0) is 43.7 Å². The molecule has 0 saturated heterocycles. The number of H-pyrrole nitrogens is 1. The molecular formula is C21H21N5O4. The van der Waals surface area contributed by atoms with Crippen molar-refractivity contribution in [1.82, 2.24) is 15.6 Å². The third-order valence-electron chi connectivity index (χ3n) is 4.25. The van der Waals surface area contributed by atoms with Gasteiger partial charge >= 0.3 is 0 Å². The minimum absolute atomic E-state index is 0.0438. The van der Waals surface area contributed by atoms with Gasteiger partial charge in [-0.1, -0.05) is 19.1 Å². The first-order valence-corrected chi connectivity index (χ1v) is 9.36. The van der Waals surface area contributed by atoms with E-state index in [0.29, 0.717) is 23.6 Å². The minimum Gasteiger partial charge on any atom is -0.494 e. The first-order valence-electron chi connectivity index (χ1n) is 9.36. The predicted octanol–water partition coefficient (Wildman–Crippen LogP) is 3.93. The van der Waals surface area contributed by atoms with E-state index in [2.05, 4.69) is 20.7 Å². The molecule has 0 saturated carbocycles. The Morgan fingerprint density at radius 2 is 2.00 bits per heavy atom. The zero-order valence-electron chi connectivity index (χ0n) is 16.6. The number of non-ortho nitro benzene ring substituents is 1. The van der Waals surface area contributed by atoms with Crippen molar-refractivity contribution in [2.75, 3.05) is 6.61 Å². The molecule has 1 heterocycles. The Kier molecular flexibility index (Phi) is 6.53. The number of nitro benzene ring substituents is 1. The molecule has 0 aliphatic heterocycles. The van der Waals surface area contributed by atoms with Crippen molar-refractivity contribution in [2.24, 2.45) is 5.10 Å². The van der Waals surface area contributed by atoms with Gasteiger partial charge in [0.05, 0.1) is 22.9 Å². The summed E-state index contributed by atoms with van der Waals surface area (Å²) in [4.78, 5) is 22.8. The lowest BCUT2D eigenvalue weighted by Crippen LogP contribution is -2.19. The summed E-state index contributed by atoms with van der Waals surface area (Å²) in [5.74, 6) is 0.307. The number of carbonyl (C=O) groups is 1. The van der Waals surface area contributed by atoms with E-state index >= 15 is 0 Å². The number of nitrogens with one attached hydrogen (secondary N) is 2. The van der Waals surface area contributed by atoms with E-state index in [0.717, 1.165) is 17.7 Å². The highest BCUT2D eigenvalue weighted by molar-refractivity contribution is 6.01. The smallest absolute Gasteiger partial charge is 0.289 e. The van der Waals surface area contributed by atoms with E-state index in [4.69, 9.17) is 4.74 Å². The van der Waals surface area contributed by atoms with Crippen LogP contribution in [0.3, 0.4) is 0 Å². The van der Waals surface area contributed by atoms with Crippen LogP contribution >= 0.6 is 0 Å². The molecule has 3 rings (SSSR count). The van der Waals surface area contributed by atoms with Crippen LogP contribution in [0.1, 0.15) is 36.3 Å². The van der Waals surface area contributed by atoms with Gasteiger partial charge in [0.25, 0.3) is 11.6 Å². The molecule has 0 spiro atoms.